The molecule has 0 saturated heterocycles. The van der Waals surface area contributed by atoms with Gasteiger partial charge in [0.15, 0.2) is 6.33 Å². The number of nitrogens with one attached hydrogen (secondary N) is 2. The van der Waals surface area contributed by atoms with E-state index in [1.54, 1.807) is 19.1 Å². The third-order valence-electron chi connectivity index (χ3n) is 2.69. The molecule has 0 spiro atoms. The highest BCUT2D eigenvalue weighted by Gasteiger charge is 2.12. The highest BCUT2D eigenvalue weighted by Crippen LogP contribution is 2.17. The van der Waals surface area contributed by atoms with E-state index in [-0.39, 0.29) is 11.3 Å². The molecule has 0 radical (unpaired) electrons. The lowest BCUT2D eigenvalue weighted by Crippen LogP contribution is -2.31. The van der Waals surface area contributed by atoms with Crippen molar-refractivity contribution >= 4 is 17.7 Å². The monoisotopic (exact) mass is 290 g/mol. The van der Waals surface area contributed by atoms with Crippen molar-refractivity contribution in [3.8, 4) is 0 Å². The van der Waals surface area contributed by atoms with E-state index in [0.29, 0.717) is 18.9 Å². The molecule has 1 aromatic heterocycles. The summed E-state index contributed by atoms with van der Waals surface area (Å²) in [5.41, 5.74) is 1.08. The molecule has 0 unspecified atom stereocenters. The zero-order valence-electron chi connectivity index (χ0n) is 11.3. The van der Waals surface area contributed by atoms with Crippen molar-refractivity contribution in [2.75, 3.05) is 11.9 Å². The van der Waals surface area contributed by atoms with Gasteiger partial charge >= 0.3 is 12.0 Å². The quantitative estimate of drug-likeness (QED) is 0.767. The predicted molar refractivity (Wildman–Crippen MR) is 73.2 cm³/mol. The Hall–Kier alpha value is -2.90. The Labute approximate surface area is 120 Å². The van der Waals surface area contributed by atoms with Crippen LogP contribution >= 0.6 is 0 Å². The third kappa shape index (κ3) is 4.03. The SMILES string of the molecule is Cc1ccc(NC(=O)NCCc2ncno2)c(C(=O)O)c1. The number of urea groups is 1. The highest BCUT2D eigenvalue weighted by molar-refractivity contribution is 6.00. The van der Waals surface area contributed by atoms with Crippen LogP contribution in [0.2, 0.25) is 0 Å². The molecule has 8 nitrogen and oxygen atoms in total. The van der Waals surface area contributed by atoms with Crippen LogP contribution in [0.4, 0.5) is 10.5 Å². The largest absolute Gasteiger partial charge is 0.478 e. The maximum atomic E-state index is 11.7. The third-order valence-corrected chi connectivity index (χ3v) is 2.69. The number of benzene rings is 1. The minimum absolute atomic E-state index is 0.0436. The molecule has 0 aliphatic rings. The molecule has 1 heterocycles. The second kappa shape index (κ2) is 6.51. The van der Waals surface area contributed by atoms with Gasteiger partial charge in [-0.2, -0.15) is 4.98 Å². The molecule has 0 fully saturated rings. The molecule has 3 N–H and O–H groups in total. The molecule has 110 valence electrons. The van der Waals surface area contributed by atoms with Gasteiger partial charge in [0.25, 0.3) is 0 Å². The standard InChI is InChI=1S/C13H14N4O4/c1-8-2-3-10(9(6-8)12(18)19)17-13(20)14-5-4-11-15-7-16-21-11/h2-3,6-7H,4-5H2,1H3,(H,18,19)(H2,14,17,20). The average Bonchev–Trinajstić information content (AvgIpc) is 2.94. The number of hydrogen-bond acceptors (Lipinski definition) is 5. The van der Waals surface area contributed by atoms with Crippen molar-refractivity contribution in [2.24, 2.45) is 0 Å². The van der Waals surface area contributed by atoms with Gasteiger partial charge in [-0.25, -0.2) is 9.59 Å². The van der Waals surface area contributed by atoms with E-state index < -0.39 is 12.0 Å². The van der Waals surface area contributed by atoms with Gasteiger partial charge in [-0.3, -0.25) is 0 Å². The average molecular weight is 290 g/mol. The van der Waals surface area contributed by atoms with Crippen LogP contribution in [0.25, 0.3) is 0 Å². The lowest BCUT2D eigenvalue weighted by molar-refractivity contribution is 0.0698. The van der Waals surface area contributed by atoms with Gasteiger partial charge in [-0.1, -0.05) is 16.8 Å². The van der Waals surface area contributed by atoms with Crippen LogP contribution in [0, 0.1) is 6.92 Å². The summed E-state index contributed by atoms with van der Waals surface area (Å²) in [5.74, 6) is -0.684. The number of amides is 2. The minimum Gasteiger partial charge on any atom is -0.478 e. The lowest BCUT2D eigenvalue weighted by Gasteiger charge is -2.10. The highest BCUT2D eigenvalue weighted by atomic mass is 16.5. The summed E-state index contributed by atoms with van der Waals surface area (Å²) in [6.07, 6.45) is 1.67. The van der Waals surface area contributed by atoms with Gasteiger partial charge in [-0.15, -0.1) is 0 Å². The van der Waals surface area contributed by atoms with Crippen molar-refractivity contribution in [1.29, 1.82) is 0 Å². The van der Waals surface area contributed by atoms with E-state index in [4.69, 9.17) is 9.63 Å². The normalized spacial score (nSPS) is 10.1. The number of hydrogen-bond donors (Lipinski definition) is 3. The number of carbonyl (C=O) groups excluding carboxylic acids is 1. The van der Waals surface area contributed by atoms with E-state index in [1.807, 2.05) is 0 Å². The van der Waals surface area contributed by atoms with Crippen molar-refractivity contribution < 1.29 is 19.2 Å². The molecular weight excluding hydrogens is 276 g/mol. The van der Waals surface area contributed by atoms with Crippen LogP contribution in [0.5, 0.6) is 0 Å². The Morgan fingerprint density at radius 3 is 2.86 bits per heavy atom. The van der Waals surface area contributed by atoms with Crippen molar-refractivity contribution in [2.45, 2.75) is 13.3 Å². The molecule has 0 bridgehead atoms. The second-order valence-electron chi connectivity index (χ2n) is 4.32. The van der Waals surface area contributed by atoms with Gasteiger partial charge in [0.1, 0.15) is 0 Å². The predicted octanol–water partition coefficient (Wildman–Crippen LogP) is 1.44. The summed E-state index contributed by atoms with van der Waals surface area (Å²) in [4.78, 5) is 26.7. The lowest BCUT2D eigenvalue weighted by atomic mass is 10.1. The van der Waals surface area contributed by atoms with Gasteiger partial charge < -0.3 is 20.3 Å². The van der Waals surface area contributed by atoms with Gasteiger partial charge in [0.05, 0.1) is 11.3 Å². The van der Waals surface area contributed by atoms with E-state index in [0.717, 1.165) is 5.56 Å². The number of rotatable bonds is 5. The van der Waals surface area contributed by atoms with Gasteiger partial charge in [-0.05, 0) is 19.1 Å². The minimum atomic E-state index is -1.10. The topological polar surface area (TPSA) is 117 Å². The van der Waals surface area contributed by atoms with Crippen molar-refractivity contribution in [1.82, 2.24) is 15.5 Å². The summed E-state index contributed by atoms with van der Waals surface area (Å²) in [5, 5.41) is 17.6. The maximum absolute atomic E-state index is 11.7. The zero-order chi connectivity index (χ0) is 15.2. The molecule has 2 aromatic rings. The number of carbonyl (C=O) groups is 2. The van der Waals surface area contributed by atoms with Crippen LogP contribution in [-0.2, 0) is 6.42 Å². The number of anilines is 1. The number of carboxylic acid groups (broad SMARTS) is 1. The van der Waals surface area contributed by atoms with Crippen LogP contribution < -0.4 is 10.6 Å². The van der Waals surface area contributed by atoms with E-state index in [1.165, 1.54) is 12.4 Å². The summed E-state index contributed by atoms with van der Waals surface area (Å²) >= 11 is 0. The fourth-order valence-electron chi connectivity index (χ4n) is 1.70. The Morgan fingerprint density at radius 2 is 2.19 bits per heavy atom. The number of aromatic nitrogens is 2. The van der Waals surface area contributed by atoms with E-state index >= 15 is 0 Å². The summed E-state index contributed by atoms with van der Waals surface area (Å²) in [7, 11) is 0. The Balaban J connectivity index is 1.92. The second-order valence-corrected chi connectivity index (χ2v) is 4.32. The summed E-state index contributed by atoms with van der Waals surface area (Å²) in [6, 6.07) is 4.27. The van der Waals surface area contributed by atoms with Crippen LogP contribution in [0.3, 0.4) is 0 Å². The molecule has 0 saturated carbocycles. The molecule has 0 aliphatic heterocycles. The molecule has 21 heavy (non-hydrogen) atoms. The Morgan fingerprint density at radius 1 is 1.38 bits per heavy atom. The Bertz CT molecular complexity index is 640. The van der Waals surface area contributed by atoms with E-state index in [2.05, 4.69) is 20.8 Å². The van der Waals surface area contributed by atoms with Gasteiger partial charge in [0.2, 0.25) is 5.89 Å². The first-order chi connectivity index (χ1) is 10.1. The molecule has 0 atom stereocenters. The number of nitrogens with zero attached hydrogens (tertiary/aromatic N) is 2. The van der Waals surface area contributed by atoms with Gasteiger partial charge in [0, 0.05) is 13.0 Å². The molecule has 0 aliphatic carbocycles. The first-order valence-corrected chi connectivity index (χ1v) is 6.20. The van der Waals surface area contributed by atoms with Crippen LogP contribution in [0.15, 0.2) is 29.0 Å². The number of aryl methyl sites for hydroxylation is 1. The molecule has 8 heteroatoms. The number of carboxylic acids is 1. The summed E-state index contributed by atoms with van der Waals surface area (Å²) < 4.78 is 4.79. The summed E-state index contributed by atoms with van der Waals surface area (Å²) in [6.45, 7) is 2.07. The fraction of sp³-hybridized carbons (Fsp3) is 0.231. The Kier molecular flexibility index (Phi) is 4.50. The molecule has 2 amide bonds. The van der Waals surface area contributed by atoms with Crippen molar-refractivity contribution in [3.63, 3.8) is 0 Å². The zero-order valence-corrected chi connectivity index (χ0v) is 11.3. The van der Waals surface area contributed by atoms with Crippen molar-refractivity contribution in [3.05, 3.63) is 41.5 Å². The molecule has 2 rings (SSSR count). The molecule has 1 aromatic carbocycles. The van der Waals surface area contributed by atoms with Crippen LogP contribution in [0.1, 0.15) is 21.8 Å². The van der Waals surface area contributed by atoms with Crippen LogP contribution in [-0.4, -0.2) is 33.8 Å². The number of aromatic carboxylic acids is 1. The first kappa shape index (κ1) is 14.5. The molecular formula is C13H14N4O4. The maximum Gasteiger partial charge on any atom is 0.337 e. The first-order valence-electron chi connectivity index (χ1n) is 6.20. The fourth-order valence-corrected chi connectivity index (χ4v) is 1.70. The smallest absolute Gasteiger partial charge is 0.337 e. The van der Waals surface area contributed by atoms with E-state index in [9.17, 15) is 9.59 Å².